The van der Waals surface area contributed by atoms with E-state index >= 15 is 0 Å². The number of aryl methyl sites for hydroxylation is 1. The van der Waals surface area contributed by atoms with Gasteiger partial charge < -0.3 is 9.47 Å². The van der Waals surface area contributed by atoms with Gasteiger partial charge in [0.25, 0.3) is 0 Å². The van der Waals surface area contributed by atoms with Crippen molar-refractivity contribution in [2.45, 2.75) is 78.2 Å². The highest BCUT2D eigenvalue weighted by Crippen LogP contribution is 2.20. The number of aromatic nitrogens is 2. The minimum Gasteiger partial charge on any atom is -0.426 e. The highest BCUT2D eigenvalue weighted by Gasteiger charge is 2.12. The lowest BCUT2D eigenvalue weighted by molar-refractivity contribution is -0.137. The molecule has 1 unspecified atom stereocenters. The molecule has 2 rings (SSSR count). The summed E-state index contributed by atoms with van der Waals surface area (Å²) in [5, 5.41) is 0. The van der Waals surface area contributed by atoms with Crippen LogP contribution in [-0.2, 0) is 16.0 Å². The topological polar surface area (TPSA) is 61.3 Å². The zero-order chi connectivity index (χ0) is 20.9. The van der Waals surface area contributed by atoms with Crippen LogP contribution in [0.2, 0.25) is 0 Å². The molecule has 0 aliphatic heterocycles. The second-order valence-corrected chi connectivity index (χ2v) is 7.46. The molecule has 0 aliphatic rings. The van der Waals surface area contributed by atoms with E-state index in [1.807, 2.05) is 38.4 Å². The van der Waals surface area contributed by atoms with Crippen molar-refractivity contribution in [3.63, 3.8) is 0 Å². The van der Waals surface area contributed by atoms with E-state index in [4.69, 9.17) is 9.47 Å². The number of hydrogen-bond acceptors (Lipinski definition) is 5. The Morgan fingerprint density at radius 2 is 1.66 bits per heavy atom. The average Bonchev–Trinajstić information content (AvgIpc) is 2.73. The van der Waals surface area contributed by atoms with Crippen molar-refractivity contribution in [3.8, 4) is 17.1 Å². The number of ether oxygens (including phenoxy) is 2. The van der Waals surface area contributed by atoms with Crippen molar-refractivity contribution >= 4 is 5.97 Å². The molecule has 0 amide bonds. The van der Waals surface area contributed by atoms with E-state index in [1.165, 1.54) is 37.7 Å². The van der Waals surface area contributed by atoms with E-state index in [-0.39, 0.29) is 18.5 Å². The van der Waals surface area contributed by atoms with Crippen LogP contribution in [0.3, 0.4) is 0 Å². The Labute approximate surface area is 174 Å². The molecular weight excluding hydrogens is 364 g/mol. The Hall–Kier alpha value is -2.27. The van der Waals surface area contributed by atoms with Crippen molar-refractivity contribution in [1.29, 1.82) is 0 Å². The largest absolute Gasteiger partial charge is 0.426 e. The molecule has 5 nitrogen and oxygen atoms in total. The smallest absolute Gasteiger partial charge is 0.313 e. The van der Waals surface area contributed by atoms with Crippen LogP contribution in [-0.4, -0.2) is 28.6 Å². The normalized spacial score (nSPS) is 12.0. The van der Waals surface area contributed by atoms with Gasteiger partial charge in [0.15, 0.2) is 5.82 Å². The highest BCUT2D eigenvalue weighted by molar-refractivity contribution is 5.73. The predicted octanol–water partition coefficient (Wildman–Crippen LogP) is 5.77. The molecule has 1 aromatic heterocycles. The first-order valence-corrected chi connectivity index (χ1v) is 10.9. The fraction of sp³-hybridized carbons (Fsp3) is 0.542. The average molecular weight is 399 g/mol. The van der Waals surface area contributed by atoms with Gasteiger partial charge in [-0.25, -0.2) is 9.97 Å². The molecule has 0 saturated carbocycles. The minimum absolute atomic E-state index is 0.139. The standard InChI is InChI=1S/C24H34N2O3/c1-4-6-7-8-9-10-20-17-25-24(26-18-20)21-11-13-22(14-12-21)29-23(27)16-19(3)28-15-5-2/h11-14,17-19H,4-10,15-16H2,1-3H3. The maximum atomic E-state index is 12.0. The second-order valence-electron chi connectivity index (χ2n) is 7.46. The lowest BCUT2D eigenvalue weighted by atomic mass is 10.1. The fourth-order valence-corrected chi connectivity index (χ4v) is 3.02. The van der Waals surface area contributed by atoms with Gasteiger partial charge in [-0.05, 0) is 56.0 Å². The van der Waals surface area contributed by atoms with Crippen LogP contribution < -0.4 is 4.74 Å². The zero-order valence-electron chi connectivity index (χ0n) is 18.0. The van der Waals surface area contributed by atoms with Crippen LogP contribution in [0.5, 0.6) is 5.75 Å². The van der Waals surface area contributed by atoms with Crippen LogP contribution >= 0.6 is 0 Å². The summed E-state index contributed by atoms with van der Waals surface area (Å²) in [6, 6.07) is 7.30. The molecule has 2 aromatic rings. The molecule has 0 radical (unpaired) electrons. The second kappa shape index (κ2) is 13.0. The molecule has 0 bridgehead atoms. The number of carbonyl (C=O) groups excluding carboxylic acids is 1. The van der Waals surface area contributed by atoms with Crippen LogP contribution in [0.1, 0.15) is 71.3 Å². The van der Waals surface area contributed by atoms with Gasteiger partial charge in [0.2, 0.25) is 0 Å². The summed E-state index contributed by atoms with van der Waals surface area (Å²) in [6.07, 6.45) is 12.2. The Kier molecular flexibility index (Phi) is 10.4. The van der Waals surface area contributed by atoms with Gasteiger partial charge in [0, 0.05) is 24.6 Å². The van der Waals surface area contributed by atoms with Crippen LogP contribution in [0.25, 0.3) is 11.4 Å². The number of esters is 1. The Bertz CT molecular complexity index is 714. The third-order valence-electron chi connectivity index (χ3n) is 4.68. The van der Waals surface area contributed by atoms with Crippen molar-refractivity contribution in [2.24, 2.45) is 0 Å². The van der Waals surface area contributed by atoms with Crippen molar-refractivity contribution < 1.29 is 14.3 Å². The summed E-state index contributed by atoms with van der Waals surface area (Å²) in [7, 11) is 0. The number of hydrogen-bond donors (Lipinski definition) is 0. The quantitative estimate of drug-likeness (QED) is 0.244. The zero-order valence-corrected chi connectivity index (χ0v) is 18.0. The third kappa shape index (κ3) is 8.73. The predicted molar refractivity (Wildman–Crippen MR) is 116 cm³/mol. The molecule has 0 N–H and O–H groups in total. The summed E-state index contributed by atoms with van der Waals surface area (Å²) in [6.45, 7) is 6.80. The molecule has 1 atom stereocenters. The summed E-state index contributed by atoms with van der Waals surface area (Å²) in [5.41, 5.74) is 2.08. The molecule has 0 spiro atoms. The maximum Gasteiger partial charge on any atom is 0.313 e. The minimum atomic E-state index is -0.291. The van der Waals surface area contributed by atoms with Crippen molar-refractivity contribution in [2.75, 3.05) is 6.61 Å². The highest BCUT2D eigenvalue weighted by atomic mass is 16.5. The van der Waals surface area contributed by atoms with Crippen LogP contribution in [0.15, 0.2) is 36.7 Å². The summed E-state index contributed by atoms with van der Waals surface area (Å²) in [4.78, 5) is 21.0. The monoisotopic (exact) mass is 398 g/mol. The van der Waals surface area contributed by atoms with Gasteiger partial charge in [0.1, 0.15) is 5.75 Å². The molecule has 0 aliphatic carbocycles. The van der Waals surface area contributed by atoms with E-state index in [0.717, 1.165) is 18.4 Å². The first-order valence-electron chi connectivity index (χ1n) is 10.9. The van der Waals surface area contributed by atoms with Gasteiger partial charge >= 0.3 is 5.97 Å². The molecule has 158 valence electrons. The lowest BCUT2D eigenvalue weighted by Gasteiger charge is -2.11. The first-order chi connectivity index (χ1) is 14.1. The summed E-state index contributed by atoms with van der Waals surface area (Å²) >= 11 is 0. The first kappa shape index (κ1) is 23.0. The Morgan fingerprint density at radius 1 is 0.966 bits per heavy atom. The molecule has 29 heavy (non-hydrogen) atoms. The molecular formula is C24H34N2O3. The van der Waals surface area contributed by atoms with Crippen molar-refractivity contribution in [3.05, 3.63) is 42.2 Å². The Morgan fingerprint density at radius 3 is 2.31 bits per heavy atom. The summed E-state index contributed by atoms with van der Waals surface area (Å²) < 4.78 is 10.9. The van der Waals surface area contributed by atoms with Crippen LogP contribution in [0, 0.1) is 0 Å². The van der Waals surface area contributed by atoms with E-state index in [0.29, 0.717) is 18.2 Å². The van der Waals surface area contributed by atoms with Gasteiger partial charge in [-0.2, -0.15) is 0 Å². The maximum absolute atomic E-state index is 12.0. The van der Waals surface area contributed by atoms with E-state index < -0.39 is 0 Å². The van der Waals surface area contributed by atoms with E-state index in [2.05, 4.69) is 16.9 Å². The number of carbonyl (C=O) groups is 1. The number of unbranched alkanes of at least 4 members (excludes halogenated alkanes) is 4. The molecule has 1 heterocycles. The fourth-order valence-electron chi connectivity index (χ4n) is 3.02. The molecule has 1 aromatic carbocycles. The van der Waals surface area contributed by atoms with Gasteiger partial charge in [-0.15, -0.1) is 0 Å². The van der Waals surface area contributed by atoms with Gasteiger partial charge in [-0.3, -0.25) is 4.79 Å². The summed E-state index contributed by atoms with van der Waals surface area (Å²) in [5.74, 6) is 0.908. The van der Waals surface area contributed by atoms with Gasteiger partial charge in [-0.1, -0.05) is 39.5 Å². The van der Waals surface area contributed by atoms with Crippen molar-refractivity contribution in [1.82, 2.24) is 9.97 Å². The molecule has 0 fully saturated rings. The third-order valence-corrected chi connectivity index (χ3v) is 4.68. The number of nitrogens with zero attached hydrogens (tertiary/aromatic N) is 2. The van der Waals surface area contributed by atoms with E-state index in [9.17, 15) is 4.79 Å². The molecule has 0 saturated heterocycles. The van der Waals surface area contributed by atoms with Crippen LogP contribution in [0.4, 0.5) is 0 Å². The van der Waals surface area contributed by atoms with E-state index in [1.54, 1.807) is 12.1 Å². The number of rotatable bonds is 13. The Balaban J connectivity index is 1.82. The SMILES string of the molecule is CCCCCCCc1cnc(-c2ccc(OC(=O)CC(C)OCCC)cc2)nc1. The van der Waals surface area contributed by atoms with Gasteiger partial charge in [0.05, 0.1) is 12.5 Å². The number of benzene rings is 1. The lowest BCUT2D eigenvalue weighted by Crippen LogP contribution is -2.18. The molecule has 5 heteroatoms.